The first kappa shape index (κ1) is 13.5. The van der Waals surface area contributed by atoms with Gasteiger partial charge in [-0.25, -0.2) is 4.39 Å². The molecule has 4 heteroatoms. The molecule has 1 aromatic carbocycles. The summed E-state index contributed by atoms with van der Waals surface area (Å²) in [5.41, 5.74) is 0.799. The topological polar surface area (TPSA) is 12.0 Å². The van der Waals surface area contributed by atoms with Crippen molar-refractivity contribution in [3.05, 3.63) is 57.0 Å². The number of rotatable bonds is 5. The van der Waals surface area contributed by atoms with Crippen molar-refractivity contribution >= 4 is 22.9 Å². The molecule has 0 amide bonds. The second-order valence-electron chi connectivity index (χ2n) is 4.07. The standard InChI is InChI=1S/C14H15ClFNS/c1-2-7-17-14(13-4-3-8-18-13)11-9-10(16)5-6-12(11)15/h3-6,8-9,14,17H,2,7H2,1H3. The van der Waals surface area contributed by atoms with Gasteiger partial charge in [0.15, 0.2) is 0 Å². The molecule has 0 fully saturated rings. The number of benzene rings is 1. The molecule has 0 saturated heterocycles. The molecular weight excluding hydrogens is 269 g/mol. The summed E-state index contributed by atoms with van der Waals surface area (Å²) in [7, 11) is 0. The van der Waals surface area contributed by atoms with Gasteiger partial charge in [0.05, 0.1) is 6.04 Å². The van der Waals surface area contributed by atoms with Gasteiger partial charge in [0.1, 0.15) is 5.82 Å². The number of thiophene rings is 1. The molecule has 0 bridgehead atoms. The van der Waals surface area contributed by atoms with Crippen LogP contribution in [0.1, 0.15) is 29.8 Å². The van der Waals surface area contributed by atoms with E-state index in [2.05, 4.69) is 12.2 Å². The van der Waals surface area contributed by atoms with Crippen molar-refractivity contribution in [2.45, 2.75) is 19.4 Å². The molecular formula is C14H15ClFNS. The Hall–Kier alpha value is -0.900. The molecule has 2 rings (SSSR count). The minimum atomic E-state index is -0.255. The van der Waals surface area contributed by atoms with E-state index in [-0.39, 0.29) is 11.9 Å². The molecule has 1 nitrogen and oxygen atoms in total. The smallest absolute Gasteiger partial charge is 0.123 e. The van der Waals surface area contributed by atoms with Crippen molar-refractivity contribution in [1.29, 1.82) is 0 Å². The molecule has 0 aliphatic rings. The molecule has 1 aromatic heterocycles. The molecule has 1 heterocycles. The van der Waals surface area contributed by atoms with Gasteiger partial charge in [0, 0.05) is 9.90 Å². The first-order valence-electron chi connectivity index (χ1n) is 5.94. The fourth-order valence-electron chi connectivity index (χ4n) is 1.84. The number of halogens is 2. The van der Waals surface area contributed by atoms with Crippen LogP contribution in [-0.4, -0.2) is 6.54 Å². The van der Waals surface area contributed by atoms with Crippen LogP contribution in [0.15, 0.2) is 35.7 Å². The Kier molecular flexibility index (Phi) is 4.75. The molecule has 1 N–H and O–H groups in total. The van der Waals surface area contributed by atoms with Crippen LogP contribution in [-0.2, 0) is 0 Å². The monoisotopic (exact) mass is 283 g/mol. The van der Waals surface area contributed by atoms with Gasteiger partial charge in [-0.05, 0) is 48.2 Å². The first-order valence-corrected chi connectivity index (χ1v) is 7.20. The van der Waals surface area contributed by atoms with Crippen LogP contribution >= 0.6 is 22.9 Å². The van der Waals surface area contributed by atoms with E-state index in [0.29, 0.717) is 5.02 Å². The van der Waals surface area contributed by atoms with Gasteiger partial charge in [0.25, 0.3) is 0 Å². The third kappa shape index (κ3) is 3.10. The van der Waals surface area contributed by atoms with Gasteiger partial charge in [-0.2, -0.15) is 0 Å². The molecule has 2 aromatic rings. The van der Waals surface area contributed by atoms with E-state index >= 15 is 0 Å². The summed E-state index contributed by atoms with van der Waals surface area (Å²) in [6, 6.07) is 8.51. The van der Waals surface area contributed by atoms with Gasteiger partial charge < -0.3 is 5.32 Å². The van der Waals surface area contributed by atoms with Crippen LogP contribution in [0.25, 0.3) is 0 Å². The Bertz CT molecular complexity index is 499. The molecule has 96 valence electrons. The number of hydrogen-bond donors (Lipinski definition) is 1. The lowest BCUT2D eigenvalue weighted by Crippen LogP contribution is -2.22. The minimum absolute atomic E-state index is 0.0341. The van der Waals surface area contributed by atoms with Crippen LogP contribution in [0.3, 0.4) is 0 Å². The van der Waals surface area contributed by atoms with Crippen molar-refractivity contribution < 1.29 is 4.39 Å². The van der Waals surface area contributed by atoms with Crippen molar-refractivity contribution in [2.75, 3.05) is 6.54 Å². The second-order valence-corrected chi connectivity index (χ2v) is 5.45. The summed E-state index contributed by atoms with van der Waals surface area (Å²) in [6.45, 7) is 2.97. The molecule has 1 unspecified atom stereocenters. The van der Waals surface area contributed by atoms with E-state index in [1.54, 1.807) is 17.4 Å². The average Bonchev–Trinajstić information content (AvgIpc) is 2.88. The van der Waals surface area contributed by atoms with E-state index in [9.17, 15) is 4.39 Å². The van der Waals surface area contributed by atoms with Gasteiger partial charge in [-0.15, -0.1) is 11.3 Å². The Labute approximate surface area is 116 Å². The lowest BCUT2D eigenvalue weighted by atomic mass is 10.0. The summed E-state index contributed by atoms with van der Waals surface area (Å²) in [6.07, 6.45) is 1.02. The lowest BCUT2D eigenvalue weighted by molar-refractivity contribution is 0.591. The van der Waals surface area contributed by atoms with Gasteiger partial charge >= 0.3 is 0 Å². The summed E-state index contributed by atoms with van der Waals surface area (Å²) in [4.78, 5) is 1.15. The molecule has 0 aliphatic heterocycles. The van der Waals surface area contributed by atoms with Crippen molar-refractivity contribution in [3.8, 4) is 0 Å². The van der Waals surface area contributed by atoms with Crippen LogP contribution in [0.5, 0.6) is 0 Å². The highest BCUT2D eigenvalue weighted by molar-refractivity contribution is 7.10. The zero-order valence-corrected chi connectivity index (χ0v) is 11.7. The predicted octanol–water partition coefficient (Wildman–Crippen LogP) is 4.63. The zero-order chi connectivity index (χ0) is 13.0. The quantitative estimate of drug-likeness (QED) is 0.844. The second kappa shape index (κ2) is 6.32. The maximum absolute atomic E-state index is 13.4. The molecule has 0 aliphatic carbocycles. The van der Waals surface area contributed by atoms with Crippen LogP contribution in [0.2, 0.25) is 5.02 Å². The van der Waals surface area contributed by atoms with Crippen molar-refractivity contribution in [3.63, 3.8) is 0 Å². The van der Waals surface area contributed by atoms with E-state index in [0.717, 1.165) is 23.4 Å². The van der Waals surface area contributed by atoms with E-state index < -0.39 is 0 Å². The van der Waals surface area contributed by atoms with Crippen LogP contribution < -0.4 is 5.32 Å². The minimum Gasteiger partial charge on any atom is -0.306 e. The van der Waals surface area contributed by atoms with Crippen molar-refractivity contribution in [2.24, 2.45) is 0 Å². The normalized spacial score (nSPS) is 12.6. The summed E-state index contributed by atoms with van der Waals surface area (Å²) >= 11 is 7.83. The Morgan fingerprint density at radius 2 is 2.22 bits per heavy atom. The van der Waals surface area contributed by atoms with E-state index in [1.165, 1.54) is 12.1 Å². The number of nitrogens with one attached hydrogen (secondary N) is 1. The van der Waals surface area contributed by atoms with Crippen LogP contribution in [0.4, 0.5) is 4.39 Å². The SMILES string of the molecule is CCCNC(c1cccs1)c1cc(F)ccc1Cl. The third-order valence-corrected chi connectivity index (χ3v) is 3.98. The molecule has 0 spiro atoms. The largest absolute Gasteiger partial charge is 0.306 e. The Balaban J connectivity index is 2.36. The highest BCUT2D eigenvalue weighted by atomic mass is 35.5. The third-order valence-electron chi connectivity index (χ3n) is 2.70. The Morgan fingerprint density at radius 3 is 2.89 bits per heavy atom. The molecule has 0 saturated carbocycles. The lowest BCUT2D eigenvalue weighted by Gasteiger charge is -2.19. The zero-order valence-electron chi connectivity index (χ0n) is 10.1. The van der Waals surface area contributed by atoms with Crippen LogP contribution in [0, 0.1) is 5.82 Å². The first-order chi connectivity index (χ1) is 8.72. The van der Waals surface area contributed by atoms with Gasteiger partial charge in [-0.3, -0.25) is 0 Å². The highest BCUT2D eigenvalue weighted by Gasteiger charge is 2.17. The number of hydrogen-bond acceptors (Lipinski definition) is 2. The van der Waals surface area contributed by atoms with Gasteiger partial charge in [-0.1, -0.05) is 24.6 Å². The average molecular weight is 284 g/mol. The highest BCUT2D eigenvalue weighted by Crippen LogP contribution is 2.31. The molecule has 1 atom stereocenters. The predicted molar refractivity (Wildman–Crippen MR) is 75.9 cm³/mol. The van der Waals surface area contributed by atoms with Crippen molar-refractivity contribution in [1.82, 2.24) is 5.32 Å². The molecule has 0 radical (unpaired) electrons. The summed E-state index contributed by atoms with van der Waals surface area (Å²) in [5, 5.41) is 6.03. The summed E-state index contributed by atoms with van der Waals surface area (Å²) < 4.78 is 13.4. The summed E-state index contributed by atoms with van der Waals surface area (Å²) in [5.74, 6) is -0.255. The van der Waals surface area contributed by atoms with Gasteiger partial charge in [0.2, 0.25) is 0 Å². The van der Waals surface area contributed by atoms with E-state index in [4.69, 9.17) is 11.6 Å². The fraction of sp³-hybridized carbons (Fsp3) is 0.286. The van der Waals surface area contributed by atoms with E-state index in [1.807, 2.05) is 17.5 Å². The fourth-order valence-corrected chi connectivity index (χ4v) is 2.89. The maximum atomic E-state index is 13.4. The molecule has 18 heavy (non-hydrogen) atoms. The maximum Gasteiger partial charge on any atom is 0.123 e. The Morgan fingerprint density at radius 1 is 1.39 bits per heavy atom.